The molecule has 2 aromatic carbocycles. The van der Waals surface area contributed by atoms with Crippen molar-refractivity contribution in [3.63, 3.8) is 0 Å². The molecule has 0 radical (unpaired) electrons. The second kappa shape index (κ2) is 7.87. The van der Waals surface area contributed by atoms with Gasteiger partial charge in [0.05, 0.1) is 44.4 Å². The molecule has 3 rings (SSSR count). The van der Waals surface area contributed by atoms with Crippen LogP contribution in [0.4, 0.5) is 17.1 Å². The zero-order valence-electron chi connectivity index (χ0n) is 13.3. The van der Waals surface area contributed by atoms with Crippen molar-refractivity contribution in [3.8, 4) is 6.07 Å². The molecule has 3 aromatic rings. The number of anilines is 3. The normalized spacial score (nSPS) is 10.0. The number of rotatable bonds is 4. The molecular formula is C19H12Cl2N4O. The lowest BCUT2D eigenvalue weighted by atomic mass is 10.2. The first kappa shape index (κ1) is 17.7. The lowest BCUT2D eigenvalue weighted by Crippen LogP contribution is -2.13. The van der Waals surface area contributed by atoms with Crippen LogP contribution in [0.2, 0.25) is 10.0 Å². The Balaban J connectivity index is 1.83. The average molecular weight is 383 g/mol. The Morgan fingerprint density at radius 3 is 2.50 bits per heavy atom. The number of benzene rings is 2. The summed E-state index contributed by atoms with van der Waals surface area (Å²) in [6.45, 7) is 0. The fourth-order valence-corrected chi connectivity index (χ4v) is 2.77. The van der Waals surface area contributed by atoms with E-state index in [-0.39, 0.29) is 5.91 Å². The minimum Gasteiger partial charge on any atom is -0.352 e. The first-order valence-corrected chi connectivity index (χ1v) is 8.30. The highest BCUT2D eigenvalue weighted by molar-refractivity contribution is 6.39. The number of hydrogen-bond donors (Lipinski definition) is 2. The van der Waals surface area contributed by atoms with Gasteiger partial charge in [-0.2, -0.15) is 5.26 Å². The third kappa shape index (κ3) is 3.94. The largest absolute Gasteiger partial charge is 0.352 e. The summed E-state index contributed by atoms with van der Waals surface area (Å²) < 4.78 is 0. The van der Waals surface area contributed by atoms with Crippen molar-refractivity contribution in [2.75, 3.05) is 10.6 Å². The molecule has 0 saturated heterocycles. The predicted octanol–water partition coefficient (Wildman–Crippen LogP) is 5.26. The van der Waals surface area contributed by atoms with E-state index >= 15 is 0 Å². The van der Waals surface area contributed by atoms with E-state index in [1.165, 1.54) is 6.20 Å². The van der Waals surface area contributed by atoms with Crippen LogP contribution in [0.25, 0.3) is 0 Å². The Labute approximate surface area is 160 Å². The first-order valence-electron chi connectivity index (χ1n) is 7.55. The van der Waals surface area contributed by atoms with E-state index < -0.39 is 0 Å². The van der Waals surface area contributed by atoms with Gasteiger partial charge in [-0.15, -0.1) is 0 Å². The fraction of sp³-hybridized carbons (Fsp3) is 0. The maximum atomic E-state index is 12.5. The highest BCUT2D eigenvalue weighted by Gasteiger charge is 2.11. The van der Waals surface area contributed by atoms with Crippen molar-refractivity contribution >= 4 is 46.2 Å². The van der Waals surface area contributed by atoms with Crippen molar-refractivity contribution in [2.45, 2.75) is 0 Å². The van der Waals surface area contributed by atoms with Crippen molar-refractivity contribution < 1.29 is 4.79 Å². The van der Waals surface area contributed by atoms with Crippen molar-refractivity contribution in [3.05, 3.63) is 82.1 Å². The van der Waals surface area contributed by atoms with Gasteiger partial charge in [0, 0.05) is 6.20 Å². The van der Waals surface area contributed by atoms with E-state index in [0.29, 0.717) is 38.2 Å². The number of hydrogen-bond acceptors (Lipinski definition) is 4. The topological polar surface area (TPSA) is 77.8 Å². The van der Waals surface area contributed by atoms with Crippen LogP contribution in [0.15, 0.2) is 60.9 Å². The lowest BCUT2D eigenvalue weighted by Gasteiger charge is -2.11. The smallest absolute Gasteiger partial charge is 0.257 e. The van der Waals surface area contributed by atoms with Gasteiger partial charge >= 0.3 is 0 Å². The minimum absolute atomic E-state index is 0.325. The summed E-state index contributed by atoms with van der Waals surface area (Å²) in [5.74, 6) is -0.380. The van der Waals surface area contributed by atoms with Crippen molar-refractivity contribution in [2.24, 2.45) is 0 Å². The molecule has 2 N–H and O–H groups in total. The molecule has 5 nitrogen and oxygen atoms in total. The van der Waals surface area contributed by atoms with E-state index in [1.54, 1.807) is 54.7 Å². The van der Waals surface area contributed by atoms with Gasteiger partial charge in [0.1, 0.15) is 6.07 Å². The van der Waals surface area contributed by atoms with Crippen LogP contribution < -0.4 is 10.6 Å². The van der Waals surface area contributed by atoms with Crippen LogP contribution >= 0.6 is 23.2 Å². The molecule has 0 unspecified atom stereocenters. The van der Waals surface area contributed by atoms with Gasteiger partial charge in [0.2, 0.25) is 0 Å². The summed E-state index contributed by atoms with van der Waals surface area (Å²) in [6, 6.07) is 15.6. The SMILES string of the molecule is N#Cc1ccccc1NC(=O)c1cncc(Nc2c(Cl)cccc2Cl)c1. The van der Waals surface area contributed by atoms with Crippen LogP contribution in [-0.4, -0.2) is 10.9 Å². The van der Waals surface area contributed by atoms with Gasteiger partial charge in [0.15, 0.2) is 0 Å². The van der Waals surface area contributed by atoms with Gasteiger partial charge < -0.3 is 10.6 Å². The van der Waals surface area contributed by atoms with E-state index in [2.05, 4.69) is 15.6 Å². The standard InChI is InChI=1S/C19H12Cl2N4O/c20-15-5-3-6-16(21)18(15)24-14-8-13(10-23-11-14)19(26)25-17-7-2-1-4-12(17)9-22/h1-8,10-11,24H,(H,25,26). The molecular weight excluding hydrogens is 371 g/mol. The highest BCUT2D eigenvalue weighted by atomic mass is 35.5. The maximum absolute atomic E-state index is 12.5. The summed E-state index contributed by atoms with van der Waals surface area (Å²) in [5.41, 5.74) is 2.23. The Kier molecular flexibility index (Phi) is 5.37. The van der Waals surface area contributed by atoms with Gasteiger partial charge in [-0.1, -0.05) is 41.4 Å². The molecule has 0 spiro atoms. The van der Waals surface area contributed by atoms with Crippen LogP contribution in [-0.2, 0) is 0 Å². The minimum atomic E-state index is -0.380. The summed E-state index contributed by atoms with van der Waals surface area (Å²) in [7, 11) is 0. The molecule has 0 aliphatic rings. The van der Waals surface area contributed by atoms with Crippen molar-refractivity contribution in [1.82, 2.24) is 4.98 Å². The molecule has 1 heterocycles. The molecule has 128 valence electrons. The third-order valence-corrected chi connectivity index (χ3v) is 4.16. The first-order chi connectivity index (χ1) is 12.6. The van der Waals surface area contributed by atoms with Gasteiger partial charge in [0.25, 0.3) is 5.91 Å². The molecule has 1 amide bonds. The Morgan fingerprint density at radius 2 is 1.77 bits per heavy atom. The molecule has 7 heteroatoms. The number of pyridine rings is 1. The average Bonchev–Trinajstić information content (AvgIpc) is 2.65. The second-order valence-corrected chi connectivity index (χ2v) is 6.11. The van der Waals surface area contributed by atoms with E-state index in [0.717, 1.165) is 0 Å². The third-order valence-electron chi connectivity index (χ3n) is 3.53. The number of nitriles is 1. The lowest BCUT2D eigenvalue weighted by molar-refractivity contribution is 0.102. The Bertz CT molecular complexity index is 994. The molecule has 26 heavy (non-hydrogen) atoms. The monoisotopic (exact) mass is 382 g/mol. The zero-order chi connectivity index (χ0) is 18.5. The number of para-hydroxylation sites is 2. The highest BCUT2D eigenvalue weighted by Crippen LogP contribution is 2.32. The number of amides is 1. The fourth-order valence-electron chi connectivity index (χ4n) is 2.28. The number of nitrogens with zero attached hydrogens (tertiary/aromatic N) is 2. The number of halogens is 2. The van der Waals surface area contributed by atoms with Crippen molar-refractivity contribution in [1.29, 1.82) is 5.26 Å². The van der Waals surface area contributed by atoms with Gasteiger partial charge in [-0.3, -0.25) is 9.78 Å². The molecule has 0 saturated carbocycles. The number of carbonyl (C=O) groups excluding carboxylic acids is 1. The number of aromatic nitrogens is 1. The number of carbonyl (C=O) groups is 1. The van der Waals surface area contributed by atoms with E-state index in [4.69, 9.17) is 28.5 Å². The quantitative estimate of drug-likeness (QED) is 0.645. The summed E-state index contributed by atoms with van der Waals surface area (Å²) in [6.07, 6.45) is 2.99. The molecule has 0 bridgehead atoms. The van der Waals surface area contributed by atoms with E-state index in [9.17, 15) is 4.79 Å². The summed E-state index contributed by atoms with van der Waals surface area (Å²) in [4.78, 5) is 16.6. The van der Waals surface area contributed by atoms with Gasteiger partial charge in [-0.25, -0.2) is 0 Å². The molecule has 0 aliphatic carbocycles. The Hall–Kier alpha value is -3.07. The summed E-state index contributed by atoms with van der Waals surface area (Å²) >= 11 is 12.3. The molecule has 1 aromatic heterocycles. The number of nitrogens with one attached hydrogen (secondary N) is 2. The second-order valence-electron chi connectivity index (χ2n) is 5.30. The maximum Gasteiger partial charge on any atom is 0.257 e. The molecule has 0 atom stereocenters. The van der Waals surface area contributed by atoms with Crippen LogP contribution in [0, 0.1) is 11.3 Å². The Morgan fingerprint density at radius 1 is 1.04 bits per heavy atom. The van der Waals surface area contributed by atoms with E-state index in [1.807, 2.05) is 6.07 Å². The zero-order valence-corrected chi connectivity index (χ0v) is 14.8. The predicted molar refractivity (Wildman–Crippen MR) is 103 cm³/mol. The van der Waals surface area contributed by atoms with Crippen LogP contribution in [0.1, 0.15) is 15.9 Å². The molecule has 0 fully saturated rings. The van der Waals surface area contributed by atoms with Gasteiger partial charge in [-0.05, 0) is 30.3 Å². The molecule has 0 aliphatic heterocycles. The van der Waals surface area contributed by atoms with Crippen LogP contribution in [0.5, 0.6) is 0 Å². The summed E-state index contributed by atoms with van der Waals surface area (Å²) in [5, 5.41) is 15.8. The van der Waals surface area contributed by atoms with Crippen LogP contribution in [0.3, 0.4) is 0 Å².